The maximum Gasteiger partial charge on any atom is 0.390 e. The van der Waals surface area contributed by atoms with Crippen molar-refractivity contribution in [3.63, 3.8) is 0 Å². The Morgan fingerprint density at radius 1 is 1.37 bits per heavy atom. The molecule has 0 unspecified atom stereocenters. The van der Waals surface area contributed by atoms with Crippen LogP contribution in [0.4, 0.5) is 24.7 Å². The molecule has 0 aromatic carbocycles. The molecule has 1 aromatic heterocycles. The molecule has 0 saturated carbocycles. The highest BCUT2D eigenvalue weighted by Crippen LogP contribution is 2.28. The molecule has 0 aliphatic rings. The third-order valence-corrected chi connectivity index (χ3v) is 2.36. The van der Waals surface area contributed by atoms with Gasteiger partial charge in [0, 0.05) is 13.6 Å². The van der Waals surface area contributed by atoms with E-state index in [0.717, 1.165) is 6.42 Å². The second-order valence-corrected chi connectivity index (χ2v) is 4.05. The van der Waals surface area contributed by atoms with Gasteiger partial charge in [0.1, 0.15) is 12.0 Å². The highest BCUT2D eigenvalue weighted by Gasteiger charge is 2.28. The third kappa shape index (κ3) is 4.80. The molecule has 1 heterocycles. The molecule has 0 bridgehead atoms. The molecule has 1 rings (SSSR count). The average Bonchev–Trinajstić information content (AvgIpc) is 2.34. The Labute approximate surface area is 109 Å². The summed E-state index contributed by atoms with van der Waals surface area (Å²) in [5.74, 6) is 0.441. The summed E-state index contributed by atoms with van der Waals surface area (Å²) in [5, 5.41) is 0. The molecule has 0 spiro atoms. The van der Waals surface area contributed by atoms with Gasteiger partial charge in [0.25, 0.3) is 0 Å². The van der Waals surface area contributed by atoms with Crippen LogP contribution in [0.5, 0.6) is 5.88 Å². The van der Waals surface area contributed by atoms with Crippen molar-refractivity contribution < 1.29 is 17.9 Å². The molecule has 0 amide bonds. The van der Waals surface area contributed by atoms with E-state index in [1.54, 1.807) is 0 Å². The Kier molecular flexibility index (Phi) is 5.20. The van der Waals surface area contributed by atoms with Gasteiger partial charge < -0.3 is 15.4 Å². The van der Waals surface area contributed by atoms with Crippen LogP contribution in [0.25, 0.3) is 0 Å². The van der Waals surface area contributed by atoms with Crippen molar-refractivity contribution in [2.24, 2.45) is 0 Å². The lowest BCUT2D eigenvalue weighted by Gasteiger charge is -2.21. The maximum atomic E-state index is 12.2. The predicted molar refractivity (Wildman–Crippen MR) is 66.2 cm³/mol. The topological polar surface area (TPSA) is 64.3 Å². The van der Waals surface area contributed by atoms with Gasteiger partial charge in [0.15, 0.2) is 5.82 Å². The van der Waals surface area contributed by atoms with E-state index in [2.05, 4.69) is 9.97 Å². The Hall–Kier alpha value is -1.73. The lowest BCUT2D eigenvalue weighted by molar-refractivity contribution is -0.132. The van der Waals surface area contributed by atoms with Gasteiger partial charge >= 0.3 is 6.18 Å². The first-order valence-electron chi connectivity index (χ1n) is 5.86. The number of nitrogens with two attached hydrogens (primary N) is 1. The number of anilines is 2. The van der Waals surface area contributed by atoms with E-state index in [0.29, 0.717) is 6.61 Å². The molecule has 0 aliphatic carbocycles. The predicted octanol–water partition coefficient (Wildman–Crippen LogP) is 2.24. The van der Waals surface area contributed by atoms with E-state index in [9.17, 15) is 13.2 Å². The van der Waals surface area contributed by atoms with Gasteiger partial charge in [0.05, 0.1) is 13.0 Å². The van der Waals surface area contributed by atoms with Crippen molar-refractivity contribution in [1.29, 1.82) is 0 Å². The Morgan fingerprint density at radius 2 is 2.05 bits per heavy atom. The van der Waals surface area contributed by atoms with Gasteiger partial charge in [0.2, 0.25) is 5.88 Å². The van der Waals surface area contributed by atoms with Gasteiger partial charge in [-0.1, -0.05) is 6.92 Å². The van der Waals surface area contributed by atoms with E-state index < -0.39 is 12.6 Å². The fourth-order valence-corrected chi connectivity index (χ4v) is 1.39. The fraction of sp³-hybridized carbons (Fsp3) is 0.636. The van der Waals surface area contributed by atoms with Crippen LogP contribution >= 0.6 is 0 Å². The number of alkyl halides is 3. The van der Waals surface area contributed by atoms with Crippen LogP contribution < -0.4 is 15.4 Å². The van der Waals surface area contributed by atoms with Crippen LogP contribution in [0.2, 0.25) is 0 Å². The zero-order valence-electron chi connectivity index (χ0n) is 10.9. The molecule has 0 saturated heterocycles. The molecule has 0 radical (unpaired) electrons. The van der Waals surface area contributed by atoms with Crippen LogP contribution in [-0.4, -0.2) is 36.3 Å². The quantitative estimate of drug-likeness (QED) is 0.864. The van der Waals surface area contributed by atoms with Gasteiger partial charge in [-0.3, -0.25) is 0 Å². The van der Waals surface area contributed by atoms with Crippen LogP contribution in [0, 0.1) is 0 Å². The number of hydrogen-bond donors (Lipinski definition) is 1. The van der Waals surface area contributed by atoms with E-state index in [1.807, 2.05) is 6.92 Å². The zero-order chi connectivity index (χ0) is 14.5. The van der Waals surface area contributed by atoms with Gasteiger partial charge in [-0.15, -0.1) is 0 Å². The highest BCUT2D eigenvalue weighted by molar-refractivity contribution is 5.67. The third-order valence-electron chi connectivity index (χ3n) is 2.36. The number of ether oxygens (including phenoxy) is 1. The Balaban J connectivity index is 2.76. The van der Waals surface area contributed by atoms with Crippen LogP contribution in [0.1, 0.15) is 19.8 Å². The van der Waals surface area contributed by atoms with Crippen molar-refractivity contribution in [2.75, 3.05) is 30.8 Å². The first kappa shape index (κ1) is 15.3. The molecule has 19 heavy (non-hydrogen) atoms. The summed E-state index contributed by atoms with van der Waals surface area (Å²) in [6.45, 7) is 2.14. The zero-order valence-corrected chi connectivity index (χ0v) is 10.9. The number of nitrogens with zero attached hydrogens (tertiary/aromatic N) is 3. The largest absolute Gasteiger partial charge is 0.476 e. The average molecular weight is 278 g/mol. The Morgan fingerprint density at radius 3 is 2.63 bits per heavy atom. The van der Waals surface area contributed by atoms with E-state index >= 15 is 0 Å². The molecule has 0 fully saturated rings. The van der Waals surface area contributed by atoms with Gasteiger partial charge in [-0.2, -0.15) is 18.2 Å². The second-order valence-electron chi connectivity index (χ2n) is 4.05. The summed E-state index contributed by atoms with van der Waals surface area (Å²) in [6.07, 6.45) is -3.14. The Bertz CT molecular complexity index is 411. The van der Waals surface area contributed by atoms with E-state index in [-0.39, 0.29) is 23.9 Å². The number of nitrogen functional groups attached to an aromatic ring is 1. The molecule has 108 valence electrons. The van der Waals surface area contributed by atoms with E-state index in [1.165, 1.54) is 18.3 Å². The summed E-state index contributed by atoms with van der Waals surface area (Å²) in [4.78, 5) is 9.09. The van der Waals surface area contributed by atoms with Crippen molar-refractivity contribution >= 4 is 11.5 Å². The normalized spacial score (nSPS) is 11.4. The molecule has 0 atom stereocenters. The van der Waals surface area contributed by atoms with Crippen LogP contribution in [0.15, 0.2) is 6.33 Å². The number of aromatic nitrogens is 2. The summed E-state index contributed by atoms with van der Waals surface area (Å²) < 4.78 is 41.8. The number of rotatable bonds is 6. The van der Waals surface area contributed by atoms with Gasteiger partial charge in [-0.05, 0) is 6.42 Å². The summed E-state index contributed by atoms with van der Waals surface area (Å²) in [7, 11) is 1.49. The molecule has 0 aliphatic heterocycles. The smallest absolute Gasteiger partial charge is 0.390 e. The molecular weight excluding hydrogens is 261 g/mol. The molecular formula is C11H17F3N4O. The molecule has 8 heteroatoms. The van der Waals surface area contributed by atoms with Crippen LogP contribution in [0.3, 0.4) is 0 Å². The standard InChI is InChI=1S/C11H17F3N4O/c1-3-6-19-10-8(15)9(16-7-17-10)18(2)5-4-11(12,13)14/h7H,3-6,15H2,1-2H3. The molecule has 2 N–H and O–H groups in total. The van der Waals surface area contributed by atoms with Crippen LogP contribution in [-0.2, 0) is 0 Å². The second kappa shape index (κ2) is 6.44. The maximum absolute atomic E-state index is 12.2. The fourth-order valence-electron chi connectivity index (χ4n) is 1.39. The van der Waals surface area contributed by atoms with E-state index in [4.69, 9.17) is 10.5 Å². The van der Waals surface area contributed by atoms with Crippen molar-refractivity contribution in [1.82, 2.24) is 9.97 Å². The van der Waals surface area contributed by atoms with Crippen molar-refractivity contribution in [3.8, 4) is 5.88 Å². The monoisotopic (exact) mass is 278 g/mol. The van der Waals surface area contributed by atoms with Crippen molar-refractivity contribution in [3.05, 3.63) is 6.33 Å². The first-order valence-corrected chi connectivity index (χ1v) is 5.86. The number of hydrogen-bond acceptors (Lipinski definition) is 5. The lowest BCUT2D eigenvalue weighted by Crippen LogP contribution is -2.26. The highest BCUT2D eigenvalue weighted by atomic mass is 19.4. The SMILES string of the molecule is CCCOc1ncnc(N(C)CCC(F)(F)F)c1N. The minimum absolute atomic E-state index is 0.153. The summed E-state index contributed by atoms with van der Waals surface area (Å²) >= 11 is 0. The number of halogens is 3. The summed E-state index contributed by atoms with van der Waals surface area (Å²) in [5.41, 5.74) is 5.94. The molecule has 1 aromatic rings. The minimum atomic E-state index is -4.21. The summed E-state index contributed by atoms with van der Waals surface area (Å²) in [6, 6.07) is 0. The first-order chi connectivity index (χ1) is 8.85. The lowest BCUT2D eigenvalue weighted by atomic mass is 10.3. The molecule has 5 nitrogen and oxygen atoms in total. The van der Waals surface area contributed by atoms with Gasteiger partial charge in [-0.25, -0.2) is 4.98 Å². The minimum Gasteiger partial charge on any atom is -0.476 e. The van der Waals surface area contributed by atoms with Crippen molar-refractivity contribution in [2.45, 2.75) is 25.9 Å².